The Balaban J connectivity index is 3.45. The van der Waals surface area contributed by atoms with E-state index in [1.165, 1.54) is 6.07 Å². The molecule has 0 bridgehead atoms. The Morgan fingerprint density at radius 3 is 1.76 bits per heavy atom. The van der Waals surface area contributed by atoms with Crippen molar-refractivity contribution < 1.29 is 31.4 Å². The summed E-state index contributed by atoms with van der Waals surface area (Å²) in [6.45, 7) is 5.30. The molecule has 0 aliphatic rings. The fourth-order valence-electron chi connectivity index (χ4n) is 1.92. The van der Waals surface area contributed by atoms with Crippen LogP contribution in [0.25, 0.3) is 0 Å². The summed E-state index contributed by atoms with van der Waals surface area (Å²) >= 11 is 0. The van der Waals surface area contributed by atoms with Gasteiger partial charge in [0.15, 0.2) is 0 Å². The van der Waals surface area contributed by atoms with Gasteiger partial charge in [0.05, 0.1) is 0 Å². The van der Waals surface area contributed by atoms with Gasteiger partial charge >= 0.3 is 12.4 Å². The van der Waals surface area contributed by atoms with Crippen molar-refractivity contribution in [3.63, 3.8) is 0 Å². The zero-order chi connectivity index (χ0) is 16.6. The molecule has 1 nitrogen and oxygen atoms in total. The van der Waals surface area contributed by atoms with E-state index in [9.17, 15) is 31.4 Å². The maximum Gasteiger partial charge on any atom is 0.430 e. The third-order valence-electron chi connectivity index (χ3n) is 3.65. The first-order valence-electron chi connectivity index (χ1n) is 6.28. The summed E-state index contributed by atoms with van der Waals surface area (Å²) in [5.41, 5.74) is -5.77. The molecule has 0 heterocycles. The van der Waals surface area contributed by atoms with Gasteiger partial charge in [-0.3, -0.25) is 0 Å². The molecule has 0 aliphatic carbocycles. The van der Waals surface area contributed by atoms with Gasteiger partial charge in [-0.25, -0.2) is 0 Å². The average Bonchev–Trinajstić information content (AvgIpc) is 2.34. The molecule has 0 aliphatic heterocycles. The van der Waals surface area contributed by atoms with E-state index in [2.05, 4.69) is 0 Å². The van der Waals surface area contributed by atoms with Gasteiger partial charge in [-0.2, -0.15) is 26.3 Å². The summed E-state index contributed by atoms with van der Waals surface area (Å²) in [7, 11) is 0. The van der Waals surface area contributed by atoms with Gasteiger partial charge in [0.1, 0.15) is 0 Å². The van der Waals surface area contributed by atoms with Crippen LogP contribution in [0.1, 0.15) is 37.8 Å². The summed E-state index contributed by atoms with van der Waals surface area (Å²) in [5, 5.41) is 9.35. The van der Waals surface area contributed by atoms with Gasteiger partial charge in [-0.1, -0.05) is 45.0 Å². The van der Waals surface area contributed by atoms with Gasteiger partial charge in [0, 0.05) is 5.56 Å². The number of hydrogen-bond donors (Lipinski definition) is 1. The Labute approximate surface area is 118 Å². The first kappa shape index (κ1) is 17.8. The number of aliphatic hydroxyl groups is 1. The van der Waals surface area contributed by atoms with E-state index >= 15 is 0 Å². The number of hydrogen-bond acceptors (Lipinski definition) is 1. The molecule has 7 heteroatoms. The SMILES string of the molecule is CC(C)C(C)c1cccc(C(O)(C(F)(F)F)C(F)(F)F)c1. The number of rotatable bonds is 3. The van der Waals surface area contributed by atoms with Crippen molar-refractivity contribution in [3.05, 3.63) is 35.4 Å². The molecule has 1 atom stereocenters. The van der Waals surface area contributed by atoms with Crippen molar-refractivity contribution in [2.24, 2.45) is 5.92 Å². The highest BCUT2D eigenvalue weighted by atomic mass is 19.4. The highest BCUT2D eigenvalue weighted by Crippen LogP contribution is 2.50. The van der Waals surface area contributed by atoms with Gasteiger partial charge in [-0.05, 0) is 17.4 Å². The molecule has 1 aromatic carbocycles. The molecule has 0 fully saturated rings. The van der Waals surface area contributed by atoms with Crippen molar-refractivity contribution in [1.82, 2.24) is 0 Å². The molecule has 0 saturated heterocycles. The van der Waals surface area contributed by atoms with Crippen LogP contribution in [-0.4, -0.2) is 17.5 Å². The van der Waals surface area contributed by atoms with Gasteiger partial charge < -0.3 is 5.11 Å². The summed E-state index contributed by atoms with van der Waals surface area (Å²) < 4.78 is 76.8. The van der Waals surface area contributed by atoms with Crippen molar-refractivity contribution in [2.45, 2.75) is 44.6 Å². The van der Waals surface area contributed by atoms with Crippen LogP contribution >= 0.6 is 0 Å². The van der Waals surface area contributed by atoms with Crippen LogP contribution in [-0.2, 0) is 5.60 Å². The average molecular weight is 314 g/mol. The standard InChI is InChI=1S/C14H16F6O/c1-8(2)9(3)10-5-4-6-11(7-10)12(21,13(15,16)17)14(18,19)20/h4-9,21H,1-3H3. The monoisotopic (exact) mass is 314 g/mol. The predicted molar refractivity (Wildman–Crippen MR) is 65.7 cm³/mol. The molecule has 1 unspecified atom stereocenters. The van der Waals surface area contributed by atoms with Crippen LogP contribution in [0.4, 0.5) is 26.3 Å². The third kappa shape index (κ3) is 3.17. The molecule has 0 spiro atoms. The van der Waals surface area contributed by atoms with Crippen LogP contribution in [0.2, 0.25) is 0 Å². The van der Waals surface area contributed by atoms with E-state index in [1.54, 1.807) is 20.8 Å². The molecule has 0 amide bonds. The lowest BCUT2D eigenvalue weighted by Crippen LogP contribution is -2.53. The minimum atomic E-state index is -5.86. The molecule has 1 N–H and O–H groups in total. The minimum absolute atomic E-state index is 0.0325. The van der Waals surface area contributed by atoms with Crippen molar-refractivity contribution in [2.75, 3.05) is 0 Å². The first-order valence-corrected chi connectivity index (χ1v) is 6.28. The minimum Gasteiger partial charge on any atom is -0.369 e. The molecule has 0 aromatic heterocycles. The number of alkyl halides is 6. The zero-order valence-corrected chi connectivity index (χ0v) is 11.7. The Bertz CT molecular complexity index is 475. The third-order valence-corrected chi connectivity index (χ3v) is 3.65. The molecule has 1 aromatic rings. The lowest BCUT2D eigenvalue weighted by atomic mass is 9.85. The van der Waals surface area contributed by atoms with E-state index in [0.717, 1.165) is 12.1 Å². The van der Waals surface area contributed by atoms with Gasteiger partial charge in [-0.15, -0.1) is 0 Å². The first-order chi connectivity index (χ1) is 9.32. The second-order valence-electron chi connectivity index (χ2n) is 5.36. The van der Waals surface area contributed by atoms with Gasteiger partial charge in [0.2, 0.25) is 0 Å². The smallest absolute Gasteiger partial charge is 0.369 e. The molecule has 120 valence electrons. The van der Waals surface area contributed by atoms with Crippen LogP contribution < -0.4 is 0 Å². The lowest BCUT2D eigenvalue weighted by molar-refractivity contribution is -0.376. The van der Waals surface area contributed by atoms with Crippen molar-refractivity contribution >= 4 is 0 Å². The van der Waals surface area contributed by atoms with E-state index in [1.807, 2.05) is 0 Å². The van der Waals surface area contributed by atoms with E-state index in [-0.39, 0.29) is 11.8 Å². The topological polar surface area (TPSA) is 20.2 Å². The van der Waals surface area contributed by atoms with E-state index in [4.69, 9.17) is 0 Å². The maximum absolute atomic E-state index is 12.8. The van der Waals surface area contributed by atoms with Crippen LogP contribution in [0.15, 0.2) is 24.3 Å². The summed E-state index contributed by atoms with van der Waals surface area (Å²) in [6.07, 6.45) is -11.7. The number of halogens is 6. The van der Waals surface area contributed by atoms with Crippen molar-refractivity contribution in [3.8, 4) is 0 Å². The zero-order valence-electron chi connectivity index (χ0n) is 11.7. The fraction of sp³-hybridized carbons (Fsp3) is 0.571. The molecule has 21 heavy (non-hydrogen) atoms. The second kappa shape index (κ2) is 5.51. The Kier molecular flexibility index (Phi) is 4.68. The largest absolute Gasteiger partial charge is 0.430 e. The molecule has 0 radical (unpaired) electrons. The highest BCUT2D eigenvalue weighted by molar-refractivity contribution is 5.33. The van der Waals surface area contributed by atoms with Crippen LogP contribution in [0.3, 0.4) is 0 Å². The molecule has 0 saturated carbocycles. The molecule has 1 rings (SSSR count). The van der Waals surface area contributed by atoms with Crippen molar-refractivity contribution in [1.29, 1.82) is 0 Å². The Hall–Kier alpha value is -1.24. The highest BCUT2D eigenvalue weighted by Gasteiger charge is 2.71. The Morgan fingerprint density at radius 1 is 0.905 bits per heavy atom. The van der Waals surface area contributed by atoms with E-state index in [0.29, 0.717) is 11.6 Å². The normalized spacial score (nSPS) is 15.4. The molecular formula is C14H16F6O. The lowest BCUT2D eigenvalue weighted by Gasteiger charge is -2.33. The predicted octanol–water partition coefficient (Wildman–Crippen LogP) is 4.76. The van der Waals surface area contributed by atoms with Crippen LogP contribution in [0, 0.1) is 5.92 Å². The summed E-state index contributed by atoms with van der Waals surface area (Å²) in [4.78, 5) is 0. The summed E-state index contributed by atoms with van der Waals surface area (Å²) in [5.74, 6) is -0.208. The fourth-order valence-corrected chi connectivity index (χ4v) is 1.92. The van der Waals surface area contributed by atoms with Gasteiger partial charge in [0.25, 0.3) is 5.60 Å². The molecular weight excluding hydrogens is 298 g/mol. The second-order valence-corrected chi connectivity index (χ2v) is 5.36. The number of benzene rings is 1. The van der Waals surface area contributed by atoms with Crippen LogP contribution in [0.5, 0.6) is 0 Å². The Morgan fingerprint density at radius 2 is 1.38 bits per heavy atom. The quantitative estimate of drug-likeness (QED) is 0.798. The summed E-state index contributed by atoms with van der Waals surface area (Å²) in [6, 6.07) is 3.94. The van der Waals surface area contributed by atoms with E-state index < -0.39 is 23.5 Å². The maximum atomic E-state index is 12.8.